The molecule has 6 heteroatoms. The lowest BCUT2D eigenvalue weighted by molar-refractivity contribution is -0.134. The Kier molecular flexibility index (Phi) is 5.91. The van der Waals surface area contributed by atoms with E-state index in [1.807, 2.05) is 0 Å². The second kappa shape index (κ2) is 7.20. The molecule has 18 heavy (non-hydrogen) atoms. The highest BCUT2D eigenvalue weighted by molar-refractivity contribution is 6.33. The van der Waals surface area contributed by atoms with Crippen LogP contribution in [0, 0.1) is 0 Å². The number of methoxy groups -OCH3 is 3. The van der Waals surface area contributed by atoms with Gasteiger partial charge in [0.2, 0.25) is 5.91 Å². The van der Waals surface area contributed by atoms with Crippen LogP contribution in [0.25, 0.3) is 0 Å². The maximum absolute atomic E-state index is 11.7. The van der Waals surface area contributed by atoms with Gasteiger partial charge in [-0.1, -0.05) is 11.6 Å². The first-order valence-electron chi connectivity index (χ1n) is 5.29. The first-order valence-corrected chi connectivity index (χ1v) is 5.67. The summed E-state index contributed by atoms with van der Waals surface area (Å²) in [6.45, 7) is 0. The van der Waals surface area contributed by atoms with E-state index in [-0.39, 0.29) is 12.3 Å². The summed E-state index contributed by atoms with van der Waals surface area (Å²) in [6.07, 6.45) is -0.475. The van der Waals surface area contributed by atoms with Crippen molar-refractivity contribution in [2.75, 3.05) is 26.6 Å². The van der Waals surface area contributed by atoms with Gasteiger partial charge in [0.05, 0.1) is 24.2 Å². The van der Waals surface area contributed by atoms with Gasteiger partial charge in [-0.2, -0.15) is 0 Å². The second-order valence-electron chi connectivity index (χ2n) is 3.50. The third-order valence-corrected chi connectivity index (χ3v) is 2.64. The van der Waals surface area contributed by atoms with Crippen LogP contribution in [0.5, 0.6) is 5.75 Å². The van der Waals surface area contributed by atoms with Gasteiger partial charge in [0.25, 0.3) is 0 Å². The molecule has 0 bridgehead atoms. The quantitative estimate of drug-likeness (QED) is 0.808. The molecule has 0 spiro atoms. The Morgan fingerprint density at radius 3 is 2.50 bits per heavy atom. The van der Waals surface area contributed by atoms with E-state index in [0.29, 0.717) is 16.5 Å². The number of benzene rings is 1. The smallest absolute Gasteiger partial charge is 0.229 e. The van der Waals surface area contributed by atoms with E-state index in [9.17, 15) is 4.79 Å². The zero-order valence-electron chi connectivity index (χ0n) is 10.5. The van der Waals surface area contributed by atoms with Gasteiger partial charge >= 0.3 is 0 Å². The molecule has 0 saturated carbocycles. The van der Waals surface area contributed by atoms with Crippen LogP contribution in [-0.2, 0) is 14.3 Å². The number of hydrogen-bond donors (Lipinski definition) is 1. The number of halogens is 1. The summed E-state index contributed by atoms with van der Waals surface area (Å²) in [7, 11) is 4.50. The minimum absolute atomic E-state index is 0.0926. The Labute approximate surface area is 111 Å². The molecule has 0 unspecified atom stereocenters. The average Bonchev–Trinajstić information content (AvgIpc) is 2.38. The monoisotopic (exact) mass is 273 g/mol. The van der Waals surface area contributed by atoms with Crippen molar-refractivity contribution in [3.05, 3.63) is 23.2 Å². The third kappa shape index (κ3) is 4.18. The summed E-state index contributed by atoms with van der Waals surface area (Å²) < 4.78 is 14.9. The van der Waals surface area contributed by atoms with Crippen molar-refractivity contribution in [1.82, 2.24) is 0 Å². The molecule has 100 valence electrons. The highest BCUT2D eigenvalue weighted by Gasteiger charge is 2.13. The molecule has 1 amide bonds. The minimum Gasteiger partial charge on any atom is -0.497 e. The lowest BCUT2D eigenvalue weighted by Gasteiger charge is -2.13. The maximum atomic E-state index is 11.7. The van der Waals surface area contributed by atoms with E-state index < -0.39 is 6.29 Å². The van der Waals surface area contributed by atoms with Crippen molar-refractivity contribution in [2.45, 2.75) is 12.7 Å². The van der Waals surface area contributed by atoms with Crippen molar-refractivity contribution in [1.29, 1.82) is 0 Å². The van der Waals surface area contributed by atoms with Crippen LogP contribution in [-0.4, -0.2) is 33.5 Å². The first-order chi connectivity index (χ1) is 8.60. The molecule has 0 fully saturated rings. The van der Waals surface area contributed by atoms with Gasteiger partial charge in [0, 0.05) is 20.3 Å². The van der Waals surface area contributed by atoms with Crippen molar-refractivity contribution in [3.63, 3.8) is 0 Å². The Morgan fingerprint density at radius 1 is 1.33 bits per heavy atom. The van der Waals surface area contributed by atoms with Gasteiger partial charge in [-0.25, -0.2) is 0 Å². The molecule has 1 rings (SSSR count). The van der Waals surface area contributed by atoms with Crippen molar-refractivity contribution >= 4 is 23.2 Å². The molecule has 0 heterocycles. The van der Waals surface area contributed by atoms with Gasteiger partial charge < -0.3 is 19.5 Å². The largest absolute Gasteiger partial charge is 0.497 e. The Balaban J connectivity index is 2.64. The molecular formula is C12H16ClNO4. The second-order valence-corrected chi connectivity index (χ2v) is 3.91. The average molecular weight is 274 g/mol. The van der Waals surface area contributed by atoms with E-state index in [1.165, 1.54) is 14.2 Å². The van der Waals surface area contributed by atoms with Gasteiger partial charge in [-0.05, 0) is 12.1 Å². The summed E-state index contributed by atoms with van der Waals surface area (Å²) in [5.41, 5.74) is 0.522. The molecule has 1 aromatic carbocycles. The molecule has 0 aromatic heterocycles. The molecule has 0 saturated heterocycles. The van der Waals surface area contributed by atoms with Gasteiger partial charge in [-0.3, -0.25) is 4.79 Å². The zero-order valence-corrected chi connectivity index (χ0v) is 11.3. The number of rotatable bonds is 6. The van der Waals surface area contributed by atoms with Crippen molar-refractivity contribution in [3.8, 4) is 5.75 Å². The standard InChI is InChI=1S/C12H16ClNO4/c1-16-8-4-5-10(9(13)6-8)14-11(15)7-12(17-2)18-3/h4-6,12H,7H2,1-3H3,(H,14,15). The van der Waals surface area contributed by atoms with Crippen LogP contribution >= 0.6 is 11.6 Å². The number of anilines is 1. The predicted octanol–water partition coefficient (Wildman–Crippen LogP) is 2.30. The summed E-state index contributed by atoms with van der Waals surface area (Å²) >= 11 is 6.00. The number of carbonyl (C=O) groups is 1. The number of carbonyl (C=O) groups excluding carboxylic acids is 1. The van der Waals surface area contributed by atoms with Crippen LogP contribution in [0.1, 0.15) is 6.42 Å². The fourth-order valence-electron chi connectivity index (χ4n) is 1.34. The molecule has 1 aromatic rings. The lowest BCUT2D eigenvalue weighted by Crippen LogP contribution is -2.22. The predicted molar refractivity (Wildman–Crippen MR) is 69.1 cm³/mol. The minimum atomic E-state index is -0.568. The fraction of sp³-hybridized carbons (Fsp3) is 0.417. The topological polar surface area (TPSA) is 56.8 Å². The zero-order chi connectivity index (χ0) is 13.5. The van der Waals surface area contributed by atoms with Crippen molar-refractivity contribution < 1.29 is 19.0 Å². The van der Waals surface area contributed by atoms with E-state index in [1.54, 1.807) is 25.3 Å². The molecular weight excluding hydrogens is 258 g/mol. The third-order valence-electron chi connectivity index (χ3n) is 2.33. The fourth-order valence-corrected chi connectivity index (χ4v) is 1.56. The number of ether oxygens (including phenoxy) is 3. The van der Waals surface area contributed by atoms with Gasteiger partial charge in [-0.15, -0.1) is 0 Å². The number of amides is 1. The SMILES string of the molecule is COc1ccc(NC(=O)CC(OC)OC)c(Cl)c1. The molecule has 0 atom stereocenters. The van der Waals surface area contributed by atoms with E-state index >= 15 is 0 Å². The van der Waals surface area contributed by atoms with Crippen molar-refractivity contribution in [2.24, 2.45) is 0 Å². The molecule has 0 radical (unpaired) electrons. The molecule has 5 nitrogen and oxygen atoms in total. The molecule has 0 aliphatic rings. The first kappa shape index (κ1) is 14.8. The van der Waals surface area contributed by atoms with Crippen LogP contribution in [0.4, 0.5) is 5.69 Å². The summed E-state index contributed by atoms with van der Waals surface area (Å²) in [6, 6.07) is 5.01. The highest BCUT2D eigenvalue weighted by atomic mass is 35.5. The van der Waals surface area contributed by atoms with Gasteiger partial charge in [0.1, 0.15) is 5.75 Å². The van der Waals surface area contributed by atoms with Crippen LogP contribution in [0.3, 0.4) is 0 Å². The highest BCUT2D eigenvalue weighted by Crippen LogP contribution is 2.26. The Morgan fingerprint density at radius 2 is 2.00 bits per heavy atom. The maximum Gasteiger partial charge on any atom is 0.229 e. The molecule has 0 aliphatic heterocycles. The Bertz CT molecular complexity index is 407. The summed E-state index contributed by atoms with van der Waals surface area (Å²) in [5.74, 6) is 0.389. The summed E-state index contributed by atoms with van der Waals surface area (Å²) in [5, 5.41) is 3.09. The Hall–Kier alpha value is -1.30. The lowest BCUT2D eigenvalue weighted by atomic mass is 10.3. The van der Waals surface area contributed by atoms with Crippen LogP contribution in [0.15, 0.2) is 18.2 Å². The van der Waals surface area contributed by atoms with Crippen LogP contribution in [0.2, 0.25) is 5.02 Å². The molecule has 1 N–H and O–H groups in total. The normalized spacial score (nSPS) is 10.5. The van der Waals surface area contributed by atoms with E-state index in [0.717, 1.165) is 0 Å². The molecule has 0 aliphatic carbocycles. The number of hydrogen-bond acceptors (Lipinski definition) is 4. The number of nitrogens with one attached hydrogen (secondary N) is 1. The van der Waals surface area contributed by atoms with Crippen LogP contribution < -0.4 is 10.1 Å². The van der Waals surface area contributed by atoms with E-state index in [2.05, 4.69) is 5.32 Å². The van der Waals surface area contributed by atoms with Gasteiger partial charge in [0.15, 0.2) is 6.29 Å². The van der Waals surface area contributed by atoms with E-state index in [4.69, 9.17) is 25.8 Å². The summed E-state index contributed by atoms with van der Waals surface area (Å²) in [4.78, 5) is 11.7.